The van der Waals surface area contributed by atoms with Crippen molar-refractivity contribution in [2.75, 3.05) is 19.0 Å². The van der Waals surface area contributed by atoms with E-state index >= 15 is 0 Å². The second kappa shape index (κ2) is 7.45. The molecule has 0 aliphatic rings. The third-order valence-electron chi connectivity index (χ3n) is 4.23. The molecule has 0 fully saturated rings. The van der Waals surface area contributed by atoms with Crippen LogP contribution in [0.25, 0.3) is 11.1 Å². The topological polar surface area (TPSA) is 74.2 Å². The zero-order chi connectivity index (χ0) is 18.0. The largest absolute Gasteiger partial charge is 0.448 e. The fourth-order valence-electron chi connectivity index (χ4n) is 2.74. The Hall–Kier alpha value is -2.06. The summed E-state index contributed by atoms with van der Waals surface area (Å²) in [6.07, 6.45) is 2.62. The van der Waals surface area contributed by atoms with Crippen molar-refractivity contribution in [1.82, 2.24) is 14.3 Å². The Labute approximate surface area is 154 Å². The number of anilines is 1. The SMILES string of the molecule is CCC(C)n1nccc1NC(=O)c1cc2oc(Br)cc2n1CCOC. The number of fused-ring (bicyclic) bond motifs is 1. The fraction of sp³-hybridized carbons (Fsp3) is 0.412. The first-order valence-electron chi connectivity index (χ1n) is 8.17. The second-order valence-electron chi connectivity index (χ2n) is 5.85. The molecule has 3 heterocycles. The third kappa shape index (κ3) is 3.50. The molecular weight excluding hydrogens is 388 g/mol. The Balaban J connectivity index is 1.91. The van der Waals surface area contributed by atoms with Crippen LogP contribution in [0.1, 0.15) is 36.8 Å². The summed E-state index contributed by atoms with van der Waals surface area (Å²) in [4.78, 5) is 12.8. The number of amides is 1. The number of carbonyl (C=O) groups is 1. The minimum absolute atomic E-state index is 0.205. The highest BCUT2D eigenvalue weighted by atomic mass is 79.9. The van der Waals surface area contributed by atoms with Gasteiger partial charge in [-0.2, -0.15) is 5.10 Å². The molecule has 0 saturated carbocycles. The van der Waals surface area contributed by atoms with Crippen LogP contribution in [0.3, 0.4) is 0 Å². The molecule has 1 atom stereocenters. The molecule has 1 N–H and O–H groups in total. The molecule has 0 aliphatic heterocycles. The van der Waals surface area contributed by atoms with Gasteiger partial charge < -0.3 is 19.0 Å². The summed E-state index contributed by atoms with van der Waals surface area (Å²) in [7, 11) is 1.64. The van der Waals surface area contributed by atoms with Gasteiger partial charge in [-0.15, -0.1) is 0 Å². The summed E-state index contributed by atoms with van der Waals surface area (Å²) in [6.45, 7) is 5.20. The highest BCUT2D eigenvalue weighted by Crippen LogP contribution is 2.27. The molecule has 1 unspecified atom stereocenters. The Morgan fingerprint density at radius 2 is 2.28 bits per heavy atom. The van der Waals surface area contributed by atoms with E-state index in [0.29, 0.717) is 34.9 Å². The summed E-state index contributed by atoms with van der Waals surface area (Å²) in [5.74, 6) is 0.473. The molecule has 134 valence electrons. The Kier molecular flexibility index (Phi) is 5.29. The highest BCUT2D eigenvalue weighted by molar-refractivity contribution is 9.10. The Bertz CT molecular complexity index is 880. The van der Waals surface area contributed by atoms with Crippen LogP contribution >= 0.6 is 15.9 Å². The predicted octanol–water partition coefficient (Wildman–Crippen LogP) is 4.06. The van der Waals surface area contributed by atoms with E-state index in [1.807, 2.05) is 15.3 Å². The van der Waals surface area contributed by atoms with Crippen LogP contribution in [0.2, 0.25) is 0 Å². The highest BCUT2D eigenvalue weighted by Gasteiger charge is 2.20. The second-order valence-corrected chi connectivity index (χ2v) is 6.63. The molecule has 3 aromatic heterocycles. The molecule has 0 spiro atoms. The summed E-state index contributed by atoms with van der Waals surface area (Å²) < 4.78 is 15.1. The van der Waals surface area contributed by atoms with E-state index in [1.165, 1.54) is 0 Å². The van der Waals surface area contributed by atoms with Crippen LogP contribution in [0.5, 0.6) is 0 Å². The number of carbonyl (C=O) groups excluding carboxylic acids is 1. The van der Waals surface area contributed by atoms with Crippen LogP contribution in [0, 0.1) is 0 Å². The summed E-state index contributed by atoms with van der Waals surface area (Å²) in [5.41, 5.74) is 2.03. The van der Waals surface area contributed by atoms with Crippen LogP contribution in [-0.4, -0.2) is 34.0 Å². The van der Waals surface area contributed by atoms with E-state index < -0.39 is 0 Å². The van der Waals surface area contributed by atoms with E-state index in [9.17, 15) is 4.79 Å². The van der Waals surface area contributed by atoms with Gasteiger partial charge >= 0.3 is 0 Å². The zero-order valence-corrected chi connectivity index (χ0v) is 16.0. The van der Waals surface area contributed by atoms with Crippen molar-refractivity contribution >= 4 is 38.8 Å². The average molecular weight is 409 g/mol. The van der Waals surface area contributed by atoms with Gasteiger partial charge in [0.1, 0.15) is 11.5 Å². The number of hydrogen-bond donors (Lipinski definition) is 1. The number of methoxy groups -OCH3 is 1. The Morgan fingerprint density at radius 3 is 3.00 bits per heavy atom. The first-order valence-corrected chi connectivity index (χ1v) is 8.96. The molecule has 8 heteroatoms. The zero-order valence-electron chi connectivity index (χ0n) is 14.5. The number of nitrogens with one attached hydrogen (secondary N) is 1. The number of aromatic nitrogens is 3. The Morgan fingerprint density at radius 1 is 1.48 bits per heavy atom. The average Bonchev–Trinajstić information content (AvgIpc) is 3.26. The molecule has 7 nitrogen and oxygen atoms in total. The standard InChI is InChI=1S/C17H21BrN4O3/c1-4-11(2)22-16(5-6-19-22)20-17(23)13-9-14-12(10-15(18)25-14)21(13)7-8-24-3/h5-6,9-11H,4,7-8H2,1-3H3,(H,20,23). The number of rotatable bonds is 7. The van der Waals surface area contributed by atoms with Crippen molar-refractivity contribution in [3.8, 4) is 0 Å². The molecule has 0 radical (unpaired) electrons. The van der Waals surface area contributed by atoms with Gasteiger partial charge in [-0.05, 0) is 29.3 Å². The summed E-state index contributed by atoms with van der Waals surface area (Å²) in [6, 6.07) is 5.60. The fourth-order valence-corrected chi connectivity index (χ4v) is 3.13. The van der Waals surface area contributed by atoms with E-state index in [-0.39, 0.29) is 11.9 Å². The monoisotopic (exact) mass is 408 g/mol. The van der Waals surface area contributed by atoms with E-state index in [4.69, 9.17) is 9.15 Å². The van der Waals surface area contributed by atoms with Gasteiger partial charge in [0.2, 0.25) is 0 Å². The lowest BCUT2D eigenvalue weighted by Gasteiger charge is -2.15. The molecule has 1 amide bonds. The van der Waals surface area contributed by atoms with Gasteiger partial charge in [0.15, 0.2) is 10.3 Å². The predicted molar refractivity (Wildman–Crippen MR) is 99.0 cm³/mol. The van der Waals surface area contributed by atoms with Crippen molar-refractivity contribution in [1.29, 1.82) is 0 Å². The minimum Gasteiger partial charge on any atom is -0.448 e. The summed E-state index contributed by atoms with van der Waals surface area (Å²) in [5, 5.41) is 7.25. The molecule has 25 heavy (non-hydrogen) atoms. The van der Waals surface area contributed by atoms with E-state index in [2.05, 4.69) is 40.2 Å². The molecule has 0 bridgehead atoms. The van der Waals surface area contributed by atoms with Crippen LogP contribution in [-0.2, 0) is 11.3 Å². The summed E-state index contributed by atoms with van der Waals surface area (Å²) >= 11 is 3.33. The smallest absolute Gasteiger partial charge is 0.273 e. The van der Waals surface area contributed by atoms with Crippen molar-refractivity contribution < 1.29 is 13.9 Å². The lowest BCUT2D eigenvalue weighted by Crippen LogP contribution is -2.21. The molecular formula is C17H21BrN4O3. The van der Waals surface area contributed by atoms with Crippen molar-refractivity contribution in [2.24, 2.45) is 0 Å². The van der Waals surface area contributed by atoms with Gasteiger partial charge in [0, 0.05) is 31.9 Å². The lowest BCUT2D eigenvalue weighted by molar-refractivity contribution is 0.101. The molecule has 0 saturated heterocycles. The first-order chi connectivity index (χ1) is 12.0. The van der Waals surface area contributed by atoms with Crippen molar-refractivity contribution in [2.45, 2.75) is 32.9 Å². The number of ether oxygens (including phenoxy) is 1. The maximum atomic E-state index is 12.8. The van der Waals surface area contributed by atoms with E-state index in [0.717, 1.165) is 11.9 Å². The van der Waals surface area contributed by atoms with Gasteiger partial charge in [0.25, 0.3) is 5.91 Å². The van der Waals surface area contributed by atoms with Gasteiger partial charge in [-0.3, -0.25) is 4.79 Å². The van der Waals surface area contributed by atoms with Crippen LogP contribution in [0.4, 0.5) is 5.82 Å². The number of nitrogens with zero attached hydrogens (tertiary/aromatic N) is 3. The molecule has 0 aromatic carbocycles. The van der Waals surface area contributed by atoms with Crippen LogP contribution in [0.15, 0.2) is 33.5 Å². The molecule has 0 aliphatic carbocycles. The van der Waals surface area contributed by atoms with Gasteiger partial charge in [-0.25, -0.2) is 4.68 Å². The maximum Gasteiger partial charge on any atom is 0.273 e. The van der Waals surface area contributed by atoms with Crippen molar-refractivity contribution in [3.05, 3.63) is 34.8 Å². The third-order valence-corrected chi connectivity index (χ3v) is 4.62. The number of hydrogen-bond acceptors (Lipinski definition) is 4. The lowest BCUT2D eigenvalue weighted by atomic mass is 10.3. The number of halogens is 1. The quantitative estimate of drug-likeness (QED) is 0.639. The van der Waals surface area contributed by atoms with E-state index in [1.54, 1.807) is 25.4 Å². The van der Waals surface area contributed by atoms with Gasteiger partial charge in [0.05, 0.1) is 24.4 Å². The maximum absolute atomic E-state index is 12.8. The van der Waals surface area contributed by atoms with Crippen LogP contribution < -0.4 is 5.32 Å². The normalized spacial score (nSPS) is 12.6. The first kappa shape index (κ1) is 17.8. The number of furan rings is 1. The molecule has 3 rings (SSSR count). The van der Waals surface area contributed by atoms with Crippen molar-refractivity contribution in [3.63, 3.8) is 0 Å². The van der Waals surface area contributed by atoms with Gasteiger partial charge in [-0.1, -0.05) is 6.92 Å². The minimum atomic E-state index is -0.205. The molecule has 3 aromatic rings.